The van der Waals surface area contributed by atoms with E-state index in [1.165, 1.54) is 49.2 Å². The maximum absolute atomic E-state index is 12.9. The van der Waals surface area contributed by atoms with Crippen molar-refractivity contribution in [1.82, 2.24) is 14.5 Å². The molecule has 30 heavy (non-hydrogen) atoms. The van der Waals surface area contributed by atoms with E-state index in [-0.39, 0.29) is 16.4 Å². The van der Waals surface area contributed by atoms with Crippen LogP contribution in [0.1, 0.15) is 42.5 Å². The van der Waals surface area contributed by atoms with Crippen molar-refractivity contribution in [3.8, 4) is 5.75 Å². The molecule has 1 aromatic rings. The van der Waals surface area contributed by atoms with Gasteiger partial charge < -0.3 is 19.7 Å². The number of ether oxygens (including phenoxy) is 2. The van der Waals surface area contributed by atoms with Crippen LogP contribution in [0.15, 0.2) is 23.1 Å². The highest BCUT2D eigenvalue weighted by atomic mass is 32.2. The second-order valence-corrected chi connectivity index (χ2v) is 9.68. The Balaban J connectivity index is 1.62. The molecule has 0 aliphatic carbocycles. The van der Waals surface area contributed by atoms with E-state index in [2.05, 4.69) is 10.2 Å². The average Bonchev–Trinajstić information content (AvgIpc) is 3.05. The number of hydrogen-bond acceptors (Lipinski definition) is 6. The Kier molecular flexibility index (Phi) is 8.50. The van der Waals surface area contributed by atoms with Gasteiger partial charge >= 0.3 is 0 Å². The van der Waals surface area contributed by atoms with E-state index in [0.717, 1.165) is 26.1 Å². The fraction of sp³-hybridized carbons (Fsp3) is 0.667. The molecule has 9 heteroatoms. The number of morpholine rings is 1. The lowest BCUT2D eigenvalue weighted by Crippen LogP contribution is -2.40. The molecule has 0 spiro atoms. The van der Waals surface area contributed by atoms with Crippen LogP contribution in [-0.4, -0.2) is 83.1 Å². The Hall–Kier alpha value is -1.68. The minimum Gasteiger partial charge on any atom is -0.496 e. The molecule has 0 aromatic heterocycles. The quantitative estimate of drug-likeness (QED) is 0.621. The van der Waals surface area contributed by atoms with Gasteiger partial charge in [-0.05, 0) is 57.1 Å². The molecular formula is C21H33N3O5S. The van der Waals surface area contributed by atoms with Gasteiger partial charge in [0, 0.05) is 19.6 Å². The molecular weight excluding hydrogens is 406 g/mol. The van der Waals surface area contributed by atoms with Gasteiger partial charge in [0.05, 0.1) is 30.8 Å². The van der Waals surface area contributed by atoms with E-state index < -0.39 is 10.0 Å². The summed E-state index contributed by atoms with van der Waals surface area (Å²) in [7, 11) is -2.20. The van der Waals surface area contributed by atoms with Crippen molar-refractivity contribution in [2.75, 3.05) is 59.6 Å². The first kappa shape index (κ1) is 23.0. The van der Waals surface area contributed by atoms with Crippen LogP contribution in [0.5, 0.6) is 5.75 Å². The number of hydrogen-bond donors (Lipinski definition) is 1. The normalized spacial score (nSPS) is 19.2. The number of likely N-dealkylation sites (tertiary alicyclic amines) is 1. The van der Waals surface area contributed by atoms with Crippen LogP contribution < -0.4 is 10.1 Å². The molecule has 2 heterocycles. The van der Waals surface area contributed by atoms with Crippen LogP contribution in [0.25, 0.3) is 0 Å². The first-order valence-corrected chi connectivity index (χ1v) is 12.2. The highest BCUT2D eigenvalue weighted by molar-refractivity contribution is 7.89. The molecule has 1 amide bonds. The minimum absolute atomic E-state index is 0.0971. The molecule has 2 saturated heterocycles. The van der Waals surface area contributed by atoms with Crippen molar-refractivity contribution in [1.29, 1.82) is 0 Å². The van der Waals surface area contributed by atoms with Crippen molar-refractivity contribution in [3.05, 3.63) is 23.8 Å². The summed E-state index contributed by atoms with van der Waals surface area (Å²) < 4.78 is 37.8. The van der Waals surface area contributed by atoms with Crippen LogP contribution in [0, 0.1) is 0 Å². The van der Waals surface area contributed by atoms with Gasteiger partial charge in [-0.25, -0.2) is 8.42 Å². The van der Waals surface area contributed by atoms with Crippen molar-refractivity contribution < 1.29 is 22.7 Å². The Labute approximate surface area is 179 Å². The monoisotopic (exact) mass is 439 g/mol. The maximum atomic E-state index is 12.9. The smallest absolute Gasteiger partial charge is 0.255 e. The Bertz CT molecular complexity index is 801. The van der Waals surface area contributed by atoms with E-state index >= 15 is 0 Å². The first-order valence-electron chi connectivity index (χ1n) is 10.8. The topological polar surface area (TPSA) is 88.2 Å². The van der Waals surface area contributed by atoms with Gasteiger partial charge in [-0.3, -0.25) is 4.79 Å². The molecule has 168 valence electrons. The minimum atomic E-state index is -3.68. The van der Waals surface area contributed by atoms with Gasteiger partial charge in [0.25, 0.3) is 5.91 Å². The van der Waals surface area contributed by atoms with E-state index in [9.17, 15) is 13.2 Å². The molecule has 0 bridgehead atoms. The lowest BCUT2D eigenvalue weighted by Gasteiger charge is -2.26. The SMILES string of the molecule is COc1ccc(S(=O)(=O)N2CCOCC2)cc1C(=O)NCCCN1CCCCCC1. The lowest BCUT2D eigenvalue weighted by molar-refractivity contribution is 0.0730. The van der Waals surface area contributed by atoms with Gasteiger partial charge in [-0.15, -0.1) is 0 Å². The molecule has 2 fully saturated rings. The van der Waals surface area contributed by atoms with Crippen molar-refractivity contribution in [2.24, 2.45) is 0 Å². The fourth-order valence-electron chi connectivity index (χ4n) is 3.92. The van der Waals surface area contributed by atoms with E-state index in [1.54, 1.807) is 6.07 Å². The van der Waals surface area contributed by atoms with Crippen LogP contribution in [-0.2, 0) is 14.8 Å². The highest BCUT2D eigenvalue weighted by Gasteiger charge is 2.28. The standard InChI is InChI=1S/C21H33N3O5S/c1-28-20-8-7-18(30(26,27)24-13-15-29-16-14-24)17-19(20)21(25)22-9-6-12-23-10-4-2-3-5-11-23/h7-8,17H,2-6,9-16H2,1H3,(H,22,25). The van der Waals surface area contributed by atoms with Gasteiger partial charge in [0.1, 0.15) is 5.75 Å². The molecule has 2 aliphatic rings. The Morgan fingerprint density at radius 3 is 2.47 bits per heavy atom. The van der Waals surface area contributed by atoms with Crippen LogP contribution in [0.3, 0.4) is 0 Å². The summed E-state index contributed by atoms with van der Waals surface area (Å²) in [5.74, 6) is 0.0442. The molecule has 3 rings (SSSR count). The van der Waals surface area contributed by atoms with E-state index in [4.69, 9.17) is 9.47 Å². The summed E-state index contributed by atoms with van der Waals surface area (Å²) in [6.07, 6.45) is 5.95. The zero-order valence-corrected chi connectivity index (χ0v) is 18.6. The summed E-state index contributed by atoms with van der Waals surface area (Å²) in [4.78, 5) is 15.3. The zero-order valence-electron chi connectivity index (χ0n) is 17.8. The molecule has 8 nitrogen and oxygen atoms in total. The number of amides is 1. The zero-order chi connectivity index (χ0) is 21.4. The molecule has 0 atom stereocenters. The van der Waals surface area contributed by atoms with Crippen molar-refractivity contribution in [3.63, 3.8) is 0 Å². The van der Waals surface area contributed by atoms with E-state index in [1.807, 2.05) is 0 Å². The van der Waals surface area contributed by atoms with Gasteiger partial charge in [-0.1, -0.05) is 12.8 Å². The second-order valence-electron chi connectivity index (χ2n) is 7.74. The number of sulfonamides is 1. The average molecular weight is 440 g/mol. The van der Waals surface area contributed by atoms with E-state index in [0.29, 0.717) is 38.6 Å². The van der Waals surface area contributed by atoms with Crippen LogP contribution in [0.4, 0.5) is 0 Å². The number of carbonyl (C=O) groups is 1. The first-order chi connectivity index (χ1) is 14.5. The Morgan fingerprint density at radius 2 is 1.80 bits per heavy atom. The van der Waals surface area contributed by atoms with Gasteiger partial charge in [0.15, 0.2) is 0 Å². The molecule has 1 N–H and O–H groups in total. The molecule has 0 saturated carbocycles. The van der Waals surface area contributed by atoms with Crippen LogP contribution in [0.2, 0.25) is 0 Å². The third kappa shape index (κ3) is 5.94. The second kappa shape index (κ2) is 11.1. The molecule has 0 unspecified atom stereocenters. The fourth-order valence-corrected chi connectivity index (χ4v) is 5.36. The van der Waals surface area contributed by atoms with Gasteiger partial charge in [0.2, 0.25) is 10.0 Å². The number of methoxy groups -OCH3 is 1. The summed E-state index contributed by atoms with van der Waals surface area (Å²) in [6, 6.07) is 4.44. The third-order valence-electron chi connectivity index (χ3n) is 5.66. The predicted octanol–water partition coefficient (Wildman–Crippen LogP) is 1.71. The van der Waals surface area contributed by atoms with Crippen molar-refractivity contribution >= 4 is 15.9 Å². The summed E-state index contributed by atoms with van der Waals surface area (Å²) in [6.45, 7) is 5.13. The largest absolute Gasteiger partial charge is 0.496 e. The van der Waals surface area contributed by atoms with Gasteiger partial charge in [-0.2, -0.15) is 4.31 Å². The number of benzene rings is 1. The van der Waals surface area contributed by atoms with Crippen LogP contribution >= 0.6 is 0 Å². The summed E-state index contributed by atoms with van der Waals surface area (Å²) in [5.41, 5.74) is 0.238. The van der Waals surface area contributed by atoms with Crippen molar-refractivity contribution in [2.45, 2.75) is 37.0 Å². The number of carbonyl (C=O) groups excluding carboxylic acids is 1. The Morgan fingerprint density at radius 1 is 1.10 bits per heavy atom. The molecule has 1 aromatic carbocycles. The molecule has 2 aliphatic heterocycles. The highest BCUT2D eigenvalue weighted by Crippen LogP contribution is 2.25. The summed E-state index contributed by atoms with van der Waals surface area (Å²) >= 11 is 0. The third-order valence-corrected chi connectivity index (χ3v) is 7.55. The number of rotatable bonds is 8. The lowest BCUT2D eigenvalue weighted by atomic mass is 10.2. The maximum Gasteiger partial charge on any atom is 0.255 e. The number of nitrogens with one attached hydrogen (secondary N) is 1. The molecule has 0 radical (unpaired) electrons. The predicted molar refractivity (Wildman–Crippen MR) is 114 cm³/mol. The summed E-state index contributed by atoms with van der Waals surface area (Å²) in [5, 5.41) is 2.91. The number of nitrogens with zero attached hydrogens (tertiary/aromatic N) is 2.